The molecule has 13 heteroatoms. The Labute approximate surface area is 210 Å². The maximum absolute atomic E-state index is 14.1. The zero-order chi connectivity index (χ0) is 27.9. The minimum absolute atomic E-state index is 0.158. The number of carboxylic acids is 1. The first-order valence-corrected chi connectivity index (χ1v) is 10.7. The van der Waals surface area contributed by atoms with E-state index in [1.165, 1.54) is 7.05 Å². The lowest BCUT2D eigenvalue weighted by atomic mass is 9.78. The Hall–Kier alpha value is -3.51. The largest absolute Gasteiger partial charge is 0.478 e. The Bertz CT molecular complexity index is 1400. The first-order chi connectivity index (χ1) is 17.0. The van der Waals surface area contributed by atoms with Crippen molar-refractivity contribution in [1.82, 2.24) is 4.57 Å². The molecule has 3 aromatic rings. The van der Waals surface area contributed by atoms with Gasteiger partial charge in [-0.25, -0.2) is 4.79 Å². The number of aryl methyl sites for hydroxylation is 1. The molecule has 1 heterocycles. The number of rotatable bonds is 6. The Morgan fingerprint density at radius 3 is 2.11 bits per heavy atom. The van der Waals surface area contributed by atoms with E-state index >= 15 is 0 Å². The molecular weight excluding hydrogens is 532 g/mol. The lowest BCUT2D eigenvalue weighted by Gasteiger charge is -2.37. The molecule has 198 valence electrons. The molecule has 0 fully saturated rings. The number of aliphatic hydroxyl groups is 1. The van der Waals surface area contributed by atoms with Gasteiger partial charge in [0.15, 0.2) is 5.60 Å². The van der Waals surface area contributed by atoms with Crippen LogP contribution < -0.4 is 10.3 Å². The van der Waals surface area contributed by atoms with Crippen LogP contribution >= 0.6 is 11.6 Å². The van der Waals surface area contributed by atoms with Crippen molar-refractivity contribution >= 4 is 17.6 Å². The second kappa shape index (κ2) is 9.75. The van der Waals surface area contributed by atoms with Crippen molar-refractivity contribution < 1.29 is 46.1 Å². The smallest absolute Gasteiger partial charge is 0.422 e. The van der Waals surface area contributed by atoms with Gasteiger partial charge in [-0.3, -0.25) is 4.79 Å². The monoisotopic (exact) mass is 549 g/mol. The minimum atomic E-state index is -5.19. The summed E-state index contributed by atoms with van der Waals surface area (Å²) in [5.41, 5.74) is -7.28. The number of nitrogens with zero attached hydrogens (tertiary/aromatic N) is 1. The summed E-state index contributed by atoms with van der Waals surface area (Å²) in [7, 11) is 1.22. The molecule has 0 unspecified atom stereocenters. The van der Waals surface area contributed by atoms with Gasteiger partial charge in [0, 0.05) is 35.8 Å². The summed E-state index contributed by atoms with van der Waals surface area (Å²) in [4.78, 5) is 22.7. The van der Waals surface area contributed by atoms with Gasteiger partial charge in [0.25, 0.3) is 0 Å². The Kier molecular flexibility index (Phi) is 7.39. The highest BCUT2D eigenvalue weighted by Gasteiger charge is 2.59. The van der Waals surface area contributed by atoms with E-state index in [1.807, 2.05) is 0 Å². The summed E-state index contributed by atoms with van der Waals surface area (Å²) < 4.78 is 88.4. The van der Waals surface area contributed by atoms with Gasteiger partial charge < -0.3 is 19.5 Å². The van der Waals surface area contributed by atoms with Crippen LogP contribution in [0.4, 0.5) is 26.3 Å². The summed E-state index contributed by atoms with van der Waals surface area (Å²) in [6, 6.07) is 7.17. The maximum Gasteiger partial charge on any atom is 0.422 e. The van der Waals surface area contributed by atoms with Gasteiger partial charge in [-0.05, 0) is 42.0 Å². The number of carboxylic acid groups (broad SMARTS) is 1. The SMILES string of the molecule is C[C@H](c1ccc(Oc2ccc(C(=O)O)c(C(F)(F)F)c2)cc1Cl)[C@@](O)(c1ccc(=O)n(C)c1)C(F)(F)F. The fraction of sp³-hybridized carbons (Fsp3) is 0.250. The van der Waals surface area contributed by atoms with Crippen LogP contribution in [0, 0.1) is 0 Å². The molecular formula is C24H18ClF6NO5. The van der Waals surface area contributed by atoms with Gasteiger partial charge in [0.2, 0.25) is 5.56 Å². The lowest BCUT2D eigenvalue weighted by molar-refractivity contribution is -0.274. The van der Waals surface area contributed by atoms with Crippen LogP contribution in [0.1, 0.15) is 39.9 Å². The molecule has 2 aromatic carbocycles. The predicted molar refractivity (Wildman–Crippen MR) is 120 cm³/mol. The number of halogens is 7. The zero-order valence-corrected chi connectivity index (χ0v) is 19.7. The number of alkyl halides is 6. The van der Waals surface area contributed by atoms with E-state index in [4.69, 9.17) is 21.4 Å². The van der Waals surface area contributed by atoms with Crippen molar-refractivity contribution in [1.29, 1.82) is 0 Å². The Balaban J connectivity index is 2.00. The molecule has 0 saturated heterocycles. The molecule has 0 aliphatic heterocycles. The second-order valence-electron chi connectivity index (χ2n) is 8.15. The van der Waals surface area contributed by atoms with Gasteiger partial charge in [-0.15, -0.1) is 0 Å². The number of hydrogen-bond acceptors (Lipinski definition) is 4. The van der Waals surface area contributed by atoms with E-state index < -0.39 is 57.8 Å². The standard InChI is InChI=1S/C24H18ClF6NO5/c1-12(22(36,24(29,30)31)13-3-8-20(33)32(2)11-13)16-6-4-15(10-19(16)25)37-14-5-7-17(21(34)35)18(9-14)23(26,27)28/h3-12,36H,1-2H3,(H,34,35)/t12-,22-/m1/s1. The maximum atomic E-state index is 14.1. The van der Waals surface area contributed by atoms with Crippen LogP contribution in [0.2, 0.25) is 5.02 Å². The Morgan fingerprint density at radius 2 is 1.59 bits per heavy atom. The third kappa shape index (κ3) is 5.44. The van der Waals surface area contributed by atoms with Crippen LogP contribution in [0.3, 0.4) is 0 Å². The van der Waals surface area contributed by atoms with Gasteiger partial charge >= 0.3 is 18.3 Å². The van der Waals surface area contributed by atoms with Crippen molar-refractivity contribution in [3.63, 3.8) is 0 Å². The number of carbonyl (C=O) groups is 1. The number of ether oxygens (including phenoxy) is 1. The highest BCUT2D eigenvalue weighted by Crippen LogP contribution is 2.50. The summed E-state index contributed by atoms with van der Waals surface area (Å²) >= 11 is 6.19. The summed E-state index contributed by atoms with van der Waals surface area (Å²) in [6.45, 7) is 1.07. The molecule has 0 saturated carbocycles. The topological polar surface area (TPSA) is 88.8 Å². The molecule has 0 bridgehead atoms. The fourth-order valence-corrected chi connectivity index (χ4v) is 4.10. The van der Waals surface area contributed by atoms with Crippen LogP contribution in [0.25, 0.3) is 0 Å². The Morgan fingerprint density at radius 1 is 1.00 bits per heavy atom. The molecule has 0 radical (unpaired) electrons. The fourth-order valence-electron chi connectivity index (χ4n) is 3.77. The molecule has 2 N–H and O–H groups in total. The number of aromatic carboxylic acids is 1. The average molecular weight is 550 g/mol. The van der Waals surface area contributed by atoms with Gasteiger partial charge in [0.1, 0.15) is 11.5 Å². The van der Waals surface area contributed by atoms with Crippen molar-refractivity contribution in [2.24, 2.45) is 7.05 Å². The summed E-state index contributed by atoms with van der Waals surface area (Å²) in [6.07, 6.45) is -9.33. The first-order valence-electron chi connectivity index (χ1n) is 10.3. The quantitative estimate of drug-likeness (QED) is 0.363. The van der Waals surface area contributed by atoms with Crippen LogP contribution in [-0.2, 0) is 18.8 Å². The molecule has 6 nitrogen and oxygen atoms in total. The molecule has 2 atom stereocenters. The van der Waals surface area contributed by atoms with Crippen molar-refractivity contribution in [3.8, 4) is 11.5 Å². The molecule has 1 aromatic heterocycles. The third-order valence-corrected chi connectivity index (χ3v) is 6.11. The first kappa shape index (κ1) is 28.1. The summed E-state index contributed by atoms with van der Waals surface area (Å²) in [5, 5.41) is 19.6. The van der Waals surface area contributed by atoms with Crippen LogP contribution in [0.15, 0.2) is 59.5 Å². The van der Waals surface area contributed by atoms with E-state index in [9.17, 15) is 41.0 Å². The molecule has 37 heavy (non-hydrogen) atoms. The van der Waals surface area contributed by atoms with Gasteiger partial charge in [-0.2, -0.15) is 26.3 Å². The normalized spacial score (nSPS) is 14.6. The molecule has 0 amide bonds. The van der Waals surface area contributed by atoms with Crippen molar-refractivity contribution in [2.45, 2.75) is 30.8 Å². The van der Waals surface area contributed by atoms with E-state index in [0.717, 1.165) is 54.1 Å². The minimum Gasteiger partial charge on any atom is -0.478 e. The highest BCUT2D eigenvalue weighted by atomic mass is 35.5. The van der Waals surface area contributed by atoms with E-state index in [-0.39, 0.29) is 16.3 Å². The van der Waals surface area contributed by atoms with Crippen LogP contribution in [0.5, 0.6) is 11.5 Å². The lowest BCUT2D eigenvalue weighted by Crippen LogP contribution is -2.47. The number of hydrogen-bond donors (Lipinski definition) is 2. The van der Waals surface area contributed by atoms with Crippen molar-refractivity contribution in [3.05, 3.63) is 92.4 Å². The van der Waals surface area contributed by atoms with Gasteiger partial charge in [-0.1, -0.05) is 24.6 Å². The molecule has 3 rings (SSSR count). The van der Waals surface area contributed by atoms with E-state index in [1.54, 1.807) is 0 Å². The third-order valence-electron chi connectivity index (χ3n) is 5.79. The molecule has 0 spiro atoms. The van der Waals surface area contributed by atoms with Gasteiger partial charge in [0.05, 0.1) is 11.1 Å². The highest BCUT2D eigenvalue weighted by molar-refractivity contribution is 6.31. The molecule has 0 aliphatic carbocycles. The number of aromatic nitrogens is 1. The second-order valence-corrected chi connectivity index (χ2v) is 8.56. The van der Waals surface area contributed by atoms with Crippen LogP contribution in [-0.4, -0.2) is 26.9 Å². The summed E-state index contributed by atoms with van der Waals surface area (Å²) in [5.74, 6) is -4.05. The molecule has 0 aliphatic rings. The predicted octanol–water partition coefficient (Wildman–Crippen LogP) is 6.10. The number of benzene rings is 2. The van der Waals surface area contributed by atoms with Crippen molar-refractivity contribution in [2.75, 3.05) is 0 Å². The number of pyridine rings is 1. The average Bonchev–Trinajstić information content (AvgIpc) is 2.78. The van der Waals surface area contributed by atoms with E-state index in [2.05, 4.69) is 0 Å². The zero-order valence-electron chi connectivity index (χ0n) is 19.0. The van der Waals surface area contributed by atoms with E-state index in [0.29, 0.717) is 12.1 Å².